The number of carboxylic acid groups (broad SMARTS) is 1. The van der Waals surface area contributed by atoms with Gasteiger partial charge in [-0.3, -0.25) is 0 Å². The fraction of sp³-hybridized carbons (Fsp3) is 0.650. The van der Waals surface area contributed by atoms with Gasteiger partial charge in [-0.05, 0) is 68.7 Å². The molecule has 1 aliphatic carbocycles. The second kappa shape index (κ2) is 8.47. The van der Waals surface area contributed by atoms with Crippen molar-refractivity contribution >= 4 is 29.2 Å². The highest BCUT2D eigenvalue weighted by atomic mass is 35.5. The van der Waals surface area contributed by atoms with Crippen LogP contribution in [0, 0.1) is 19.8 Å². The van der Waals surface area contributed by atoms with E-state index in [0.717, 1.165) is 22.3 Å². The normalized spacial score (nSPS) is 26.3. The molecule has 4 atom stereocenters. The van der Waals surface area contributed by atoms with E-state index in [4.69, 9.17) is 33.0 Å². The quantitative estimate of drug-likeness (QED) is 0.525. The van der Waals surface area contributed by atoms with Crippen LogP contribution in [0.3, 0.4) is 0 Å². The van der Waals surface area contributed by atoms with E-state index < -0.39 is 11.6 Å². The largest absolute Gasteiger partial charge is 0.480 e. The topological polar surface area (TPSA) is 66.8 Å². The second-order valence-corrected chi connectivity index (χ2v) is 8.88. The smallest absolute Gasteiger partial charge is 0.329 e. The predicted molar refractivity (Wildman–Crippen MR) is 104 cm³/mol. The second-order valence-electron chi connectivity index (χ2n) is 7.76. The molecular formula is C20H28Cl2O4. The Hall–Kier alpha value is -0.810. The molecule has 26 heavy (non-hydrogen) atoms. The first-order chi connectivity index (χ1) is 12.0. The van der Waals surface area contributed by atoms with Gasteiger partial charge in [0.2, 0.25) is 0 Å². The third kappa shape index (κ3) is 4.92. The number of aryl methyl sites for hydroxylation is 1. The number of carbonyl (C=O) groups is 1. The predicted octanol–water partition coefficient (Wildman–Crippen LogP) is 4.34. The molecule has 2 rings (SSSR count). The number of rotatable bonds is 7. The van der Waals surface area contributed by atoms with Crippen LogP contribution in [0.1, 0.15) is 54.9 Å². The summed E-state index contributed by atoms with van der Waals surface area (Å²) in [5.41, 5.74) is 3.23. The highest BCUT2D eigenvalue weighted by molar-refractivity contribution is 6.25. The molecule has 0 bridgehead atoms. The summed E-state index contributed by atoms with van der Waals surface area (Å²) in [4.78, 5) is 10.6. The van der Waals surface area contributed by atoms with Gasteiger partial charge < -0.3 is 14.9 Å². The van der Waals surface area contributed by atoms with E-state index in [9.17, 15) is 9.90 Å². The van der Waals surface area contributed by atoms with Gasteiger partial charge in [0.15, 0.2) is 0 Å². The van der Waals surface area contributed by atoms with Crippen molar-refractivity contribution in [1.82, 2.24) is 0 Å². The molecule has 0 spiro atoms. The number of aliphatic hydroxyl groups is 1. The summed E-state index contributed by atoms with van der Waals surface area (Å²) in [5.74, 6) is -0.827. The number of carboxylic acids is 1. The fourth-order valence-electron chi connectivity index (χ4n) is 3.94. The molecule has 0 saturated heterocycles. The molecule has 0 aromatic heterocycles. The molecule has 1 aromatic carbocycles. The molecule has 6 heteroatoms. The van der Waals surface area contributed by atoms with Crippen LogP contribution in [0.25, 0.3) is 0 Å². The van der Waals surface area contributed by atoms with Crippen LogP contribution < -0.4 is 0 Å². The fourth-order valence-corrected chi connectivity index (χ4v) is 5.03. The number of aliphatic carboxylic acids is 1. The SMILES string of the molecule is Cc1cc(C2C(Cl)CC(Cl)C2CCOCC(=O)O)cc(C(C)(C)O)c1C. The Morgan fingerprint density at radius 2 is 1.92 bits per heavy atom. The standard InChI is InChI=1S/C20H28Cl2O4/c1-11-7-13(8-15(12(11)2)20(3,4)25)19-14(16(21)9-17(19)22)5-6-26-10-18(23)24/h7-8,14,16-17,19,25H,5-6,9-10H2,1-4H3,(H,23,24). The molecule has 0 amide bonds. The summed E-state index contributed by atoms with van der Waals surface area (Å²) in [7, 11) is 0. The van der Waals surface area contributed by atoms with Crippen molar-refractivity contribution in [2.75, 3.05) is 13.2 Å². The first-order valence-electron chi connectivity index (χ1n) is 8.94. The molecule has 4 nitrogen and oxygen atoms in total. The minimum atomic E-state index is -0.977. The first-order valence-corrected chi connectivity index (χ1v) is 9.81. The van der Waals surface area contributed by atoms with E-state index in [1.165, 1.54) is 0 Å². The van der Waals surface area contributed by atoms with E-state index in [2.05, 4.69) is 6.07 Å². The van der Waals surface area contributed by atoms with Gasteiger partial charge in [0.1, 0.15) is 6.61 Å². The zero-order chi connectivity index (χ0) is 19.6. The number of benzene rings is 1. The van der Waals surface area contributed by atoms with Crippen molar-refractivity contribution in [3.8, 4) is 0 Å². The Balaban J connectivity index is 2.28. The van der Waals surface area contributed by atoms with Crippen LogP contribution in [0.4, 0.5) is 0 Å². The lowest BCUT2D eigenvalue weighted by Gasteiger charge is -2.28. The Labute approximate surface area is 165 Å². The van der Waals surface area contributed by atoms with Crippen molar-refractivity contribution in [2.45, 2.75) is 62.8 Å². The lowest BCUT2D eigenvalue weighted by Crippen LogP contribution is -2.22. The van der Waals surface area contributed by atoms with Crippen LogP contribution in [0.15, 0.2) is 12.1 Å². The van der Waals surface area contributed by atoms with E-state index in [1.54, 1.807) is 13.8 Å². The van der Waals surface area contributed by atoms with Crippen molar-refractivity contribution < 1.29 is 19.7 Å². The lowest BCUT2D eigenvalue weighted by atomic mass is 9.81. The van der Waals surface area contributed by atoms with Crippen LogP contribution in [0.2, 0.25) is 0 Å². The molecule has 1 aromatic rings. The van der Waals surface area contributed by atoms with Crippen molar-refractivity contribution in [3.05, 3.63) is 34.4 Å². The number of hydrogen-bond donors (Lipinski definition) is 2. The molecule has 0 radical (unpaired) electrons. The third-order valence-electron chi connectivity index (χ3n) is 5.32. The number of halogens is 2. The van der Waals surface area contributed by atoms with Crippen LogP contribution in [-0.2, 0) is 15.1 Å². The summed E-state index contributed by atoms with van der Waals surface area (Å²) in [6, 6.07) is 4.17. The molecule has 1 saturated carbocycles. The Morgan fingerprint density at radius 3 is 2.50 bits per heavy atom. The van der Waals surface area contributed by atoms with Gasteiger partial charge in [-0.25, -0.2) is 4.79 Å². The first kappa shape index (κ1) is 21.5. The van der Waals surface area contributed by atoms with Gasteiger partial charge in [0.05, 0.1) is 5.60 Å². The maximum Gasteiger partial charge on any atom is 0.329 e. The lowest BCUT2D eigenvalue weighted by molar-refractivity contribution is -0.142. The van der Waals surface area contributed by atoms with E-state index in [0.29, 0.717) is 19.4 Å². The average molecular weight is 403 g/mol. The van der Waals surface area contributed by atoms with E-state index in [1.807, 2.05) is 19.9 Å². The molecule has 0 heterocycles. The minimum absolute atomic E-state index is 0.0491. The van der Waals surface area contributed by atoms with Gasteiger partial charge in [-0.15, -0.1) is 23.2 Å². The zero-order valence-corrected chi connectivity index (χ0v) is 17.3. The summed E-state index contributed by atoms with van der Waals surface area (Å²) in [5, 5.41) is 19.1. The molecular weight excluding hydrogens is 375 g/mol. The highest BCUT2D eigenvalue weighted by Crippen LogP contribution is 2.48. The van der Waals surface area contributed by atoms with Gasteiger partial charge in [-0.1, -0.05) is 12.1 Å². The monoisotopic (exact) mass is 402 g/mol. The highest BCUT2D eigenvalue weighted by Gasteiger charge is 2.42. The summed E-state index contributed by atoms with van der Waals surface area (Å²) >= 11 is 13.2. The number of ether oxygens (including phenoxy) is 1. The maximum absolute atomic E-state index is 10.6. The molecule has 1 fully saturated rings. The van der Waals surface area contributed by atoms with Crippen molar-refractivity contribution in [1.29, 1.82) is 0 Å². The van der Waals surface area contributed by atoms with Gasteiger partial charge in [0, 0.05) is 23.3 Å². The molecule has 4 unspecified atom stereocenters. The van der Waals surface area contributed by atoms with Gasteiger partial charge >= 0.3 is 5.97 Å². The Bertz CT molecular complexity index is 654. The zero-order valence-electron chi connectivity index (χ0n) is 15.8. The Kier molecular flexibility index (Phi) is 7.00. The third-order valence-corrected chi connectivity index (χ3v) is 6.27. The van der Waals surface area contributed by atoms with Gasteiger partial charge in [0.25, 0.3) is 0 Å². The molecule has 1 aliphatic rings. The van der Waals surface area contributed by atoms with Gasteiger partial charge in [-0.2, -0.15) is 0 Å². The van der Waals surface area contributed by atoms with Crippen molar-refractivity contribution in [2.24, 2.45) is 5.92 Å². The molecule has 0 aliphatic heterocycles. The van der Waals surface area contributed by atoms with Crippen molar-refractivity contribution in [3.63, 3.8) is 0 Å². The maximum atomic E-state index is 10.6. The van der Waals surface area contributed by atoms with Crippen LogP contribution in [-0.4, -0.2) is 40.2 Å². The van der Waals surface area contributed by atoms with E-state index >= 15 is 0 Å². The Morgan fingerprint density at radius 1 is 1.27 bits per heavy atom. The number of hydrogen-bond acceptors (Lipinski definition) is 3. The number of alkyl halides is 2. The van der Waals surface area contributed by atoms with E-state index in [-0.39, 0.29) is 29.2 Å². The minimum Gasteiger partial charge on any atom is -0.480 e. The summed E-state index contributed by atoms with van der Waals surface area (Å²) in [6.45, 7) is 7.65. The summed E-state index contributed by atoms with van der Waals surface area (Å²) in [6.07, 6.45) is 1.35. The molecule has 2 N–H and O–H groups in total. The van der Waals surface area contributed by atoms with Crippen LogP contribution >= 0.6 is 23.2 Å². The average Bonchev–Trinajstić information content (AvgIpc) is 2.79. The molecule has 146 valence electrons. The summed E-state index contributed by atoms with van der Waals surface area (Å²) < 4.78 is 5.20. The van der Waals surface area contributed by atoms with Crippen LogP contribution in [0.5, 0.6) is 0 Å².